The van der Waals surface area contributed by atoms with Crippen molar-refractivity contribution in [2.24, 2.45) is 11.7 Å². The van der Waals surface area contributed by atoms with Gasteiger partial charge in [-0.15, -0.1) is 0 Å². The van der Waals surface area contributed by atoms with Gasteiger partial charge < -0.3 is 15.0 Å². The summed E-state index contributed by atoms with van der Waals surface area (Å²) < 4.78 is 11.0. The summed E-state index contributed by atoms with van der Waals surface area (Å²) in [6, 6.07) is 0. The van der Waals surface area contributed by atoms with E-state index in [2.05, 4.69) is 10.1 Å². The molecule has 0 amide bonds. The molecular formula is C15H27N3O2. The molecule has 0 bridgehead atoms. The van der Waals surface area contributed by atoms with Crippen LogP contribution in [-0.2, 0) is 11.2 Å². The van der Waals surface area contributed by atoms with Crippen LogP contribution < -0.4 is 5.73 Å². The zero-order valence-electron chi connectivity index (χ0n) is 12.5. The Morgan fingerprint density at radius 3 is 2.75 bits per heavy atom. The topological polar surface area (TPSA) is 74.2 Å². The van der Waals surface area contributed by atoms with E-state index in [1.54, 1.807) is 7.11 Å². The number of nitrogens with zero attached hydrogens (tertiary/aromatic N) is 2. The lowest BCUT2D eigenvalue weighted by atomic mass is 9.85. The van der Waals surface area contributed by atoms with Crippen LogP contribution in [0.1, 0.15) is 69.2 Å². The van der Waals surface area contributed by atoms with Crippen LogP contribution in [0, 0.1) is 5.92 Å². The first kappa shape index (κ1) is 15.4. The second-order valence-corrected chi connectivity index (χ2v) is 5.70. The van der Waals surface area contributed by atoms with Crippen LogP contribution in [0.2, 0.25) is 0 Å². The van der Waals surface area contributed by atoms with E-state index in [1.165, 1.54) is 32.1 Å². The molecule has 1 saturated carbocycles. The number of unbranched alkanes of at least 4 members (excludes halogenated alkanes) is 2. The molecule has 1 fully saturated rings. The number of hydrogen-bond donors (Lipinski definition) is 1. The number of aryl methyl sites for hydroxylation is 1. The smallest absolute Gasteiger partial charge is 0.226 e. The van der Waals surface area contributed by atoms with Gasteiger partial charge >= 0.3 is 0 Å². The third-order valence-corrected chi connectivity index (χ3v) is 4.16. The Morgan fingerprint density at radius 1 is 1.25 bits per heavy atom. The molecule has 114 valence electrons. The Kier molecular flexibility index (Phi) is 6.47. The molecule has 0 aliphatic heterocycles. The molecule has 1 atom stereocenters. The molecule has 0 aromatic carbocycles. The molecule has 1 aromatic heterocycles. The first-order valence-electron chi connectivity index (χ1n) is 7.90. The van der Waals surface area contributed by atoms with Gasteiger partial charge in [0.1, 0.15) is 6.10 Å². The van der Waals surface area contributed by atoms with Gasteiger partial charge in [-0.3, -0.25) is 0 Å². The van der Waals surface area contributed by atoms with Crippen molar-refractivity contribution in [1.82, 2.24) is 10.1 Å². The van der Waals surface area contributed by atoms with Gasteiger partial charge in [0.05, 0.1) is 0 Å². The summed E-state index contributed by atoms with van der Waals surface area (Å²) in [7, 11) is 1.75. The van der Waals surface area contributed by atoms with Crippen molar-refractivity contribution < 1.29 is 9.26 Å². The maximum Gasteiger partial charge on any atom is 0.226 e. The Balaban J connectivity index is 1.88. The summed E-state index contributed by atoms with van der Waals surface area (Å²) >= 11 is 0. The molecule has 1 heterocycles. The molecule has 0 radical (unpaired) electrons. The van der Waals surface area contributed by atoms with E-state index >= 15 is 0 Å². The predicted molar refractivity (Wildman–Crippen MR) is 77.2 cm³/mol. The number of nitrogens with two attached hydrogens (primary N) is 1. The van der Waals surface area contributed by atoms with Crippen LogP contribution >= 0.6 is 0 Å². The molecule has 1 aliphatic carbocycles. The van der Waals surface area contributed by atoms with Crippen molar-refractivity contribution in [2.45, 2.75) is 63.9 Å². The van der Waals surface area contributed by atoms with E-state index in [4.69, 9.17) is 15.0 Å². The molecular weight excluding hydrogens is 254 g/mol. The maximum absolute atomic E-state index is 5.63. The first-order valence-corrected chi connectivity index (χ1v) is 7.90. The Bertz CT molecular complexity index is 375. The third-order valence-electron chi connectivity index (χ3n) is 4.16. The largest absolute Gasteiger partial charge is 0.373 e. The van der Waals surface area contributed by atoms with Gasteiger partial charge in [-0.05, 0) is 38.1 Å². The summed E-state index contributed by atoms with van der Waals surface area (Å²) in [5, 5.41) is 4.13. The maximum atomic E-state index is 5.63. The Labute approximate surface area is 121 Å². The molecule has 1 aromatic rings. The minimum atomic E-state index is -0.00292. The fraction of sp³-hybridized carbons (Fsp3) is 0.867. The molecule has 1 aliphatic rings. The number of methoxy groups -OCH3 is 1. The number of aromatic nitrogens is 2. The van der Waals surface area contributed by atoms with Gasteiger partial charge in [0.15, 0.2) is 0 Å². The molecule has 5 heteroatoms. The quantitative estimate of drug-likeness (QED) is 0.741. The van der Waals surface area contributed by atoms with E-state index in [0.717, 1.165) is 43.9 Å². The molecule has 2 N–H and O–H groups in total. The number of rotatable bonds is 8. The lowest BCUT2D eigenvalue weighted by molar-refractivity contribution is 0.0273. The average molecular weight is 281 g/mol. The summed E-state index contributed by atoms with van der Waals surface area (Å²) in [6.07, 6.45) is 10.4. The van der Waals surface area contributed by atoms with E-state index in [9.17, 15) is 0 Å². The Morgan fingerprint density at radius 2 is 2.05 bits per heavy atom. The second kappa shape index (κ2) is 8.37. The molecule has 0 saturated heterocycles. The van der Waals surface area contributed by atoms with Crippen molar-refractivity contribution in [1.29, 1.82) is 0 Å². The second-order valence-electron chi connectivity index (χ2n) is 5.70. The van der Waals surface area contributed by atoms with Crippen LogP contribution in [0.25, 0.3) is 0 Å². The van der Waals surface area contributed by atoms with Crippen molar-refractivity contribution in [3.63, 3.8) is 0 Å². The van der Waals surface area contributed by atoms with Crippen molar-refractivity contribution in [3.8, 4) is 0 Å². The lowest BCUT2D eigenvalue weighted by Crippen LogP contribution is -2.19. The Hall–Kier alpha value is -0.940. The van der Waals surface area contributed by atoms with Crippen LogP contribution in [0.15, 0.2) is 4.52 Å². The minimum absolute atomic E-state index is 0.00292. The molecule has 5 nitrogen and oxygen atoms in total. The highest BCUT2D eigenvalue weighted by atomic mass is 16.5. The highest BCUT2D eigenvalue weighted by Crippen LogP contribution is 2.35. The highest BCUT2D eigenvalue weighted by Gasteiger charge is 2.28. The molecule has 0 spiro atoms. The SMILES string of the molecule is COC(c1noc(CCCCCN)n1)C1CCCCC1. The molecule has 2 rings (SSSR count). The summed E-state index contributed by atoms with van der Waals surface area (Å²) in [5.41, 5.74) is 5.48. The molecule has 20 heavy (non-hydrogen) atoms. The van der Waals surface area contributed by atoms with Crippen LogP contribution in [0.4, 0.5) is 0 Å². The summed E-state index contributed by atoms with van der Waals surface area (Å²) in [6.45, 7) is 0.752. The fourth-order valence-electron chi connectivity index (χ4n) is 3.03. The molecule has 1 unspecified atom stereocenters. The summed E-state index contributed by atoms with van der Waals surface area (Å²) in [4.78, 5) is 4.52. The monoisotopic (exact) mass is 281 g/mol. The van der Waals surface area contributed by atoms with E-state index in [0.29, 0.717) is 5.92 Å². The summed E-state index contributed by atoms with van der Waals surface area (Å²) in [5.74, 6) is 2.00. The fourth-order valence-corrected chi connectivity index (χ4v) is 3.03. The lowest BCUT2D eigenvalue weighted by Gasteiger charge is -2.26. The van der Waals surface area contributed by atoms with Gasteiger partial charge in [-0.25, -0.2) is 0 Å². The normalized spacial score (nSPS) is 18.3. The average Bonchev–Trinajstić information content (AvgIpc) is 2.94. The van der Waals surface area contributed by atoms with Crippen molar-refractivity contribution in [3.05, 3.63) is 11.7 Å². The minimum Gasteiger partial charge on any atom is -0.373 e. The van der Waals surface area contributed by atoms with Crippen LogP contribution in [-0.4, -0.2) is 23.8 Å². The van der Waals surface area contributed by atoms with Gasteiger partial charge in [-0.2, -0.15) is 4.98 Å². The van der Waals surface area contributed by atoms with Gasteiger partial charge in [-0.1, -0.05) is 30.8 Å². The van der Waals surface area contributed by atoms with E-state index < -0.39 is 0 Å². The number of hydrogen-bond acceptors (Lipinski definition) is 5. The number of ether oxygens (including phenoxy) is 1. The van der Waals surface area contributed by atoms with Gasteiger partial charge in [0, 0.05) is 13.5 Å². The first-order chi connectivity index (χ1) is 9.85. The zero-order chi connectivity index (χ0) is 14.2. The third kappa shape index (κ3) is 4.28. The van der Waals surface area contributed by atoms with E-state index in [-0.39, 0.29) is 6.10 Å². The van der Waals surface area contributed by atoms with E-state index in [1.807, 2.05) is 0 Å². The van der Waals surface area contributed by atoms with Gasteiger partial charge in [0.2, 0.25) is 11.7 Å². The zero-order valence-corrected chi connectivity index (χ0v) is 12.5. The van der Waals surface area contributed by atoms with Gasteiger partial charge in [0.25, 0.3) is 0 Å². The van der Waals surface area contributed by atoms with Crippen LogP contribution in [0.3, 0.4) is 0 Å². The highest BCUT2D eigenvalue weighted by molar-refractivity contribution is 4.95. The van der Waals surface area contributed by atoms with Crippen LogP contribution in [0.5, 0.6) is 0 Å². The predicted octanol–water partition coefficient (Wildman–Crippen LogP) is 3.01. The van der Waals surface area contributed by atoms with Crippen molar-refractivity contribution >= 4 is 0 Å². The standard InChI is InChI=1S/C15H27N3O2/c1-19-14(12-8-4-2-5-9-12)15-17-13(20-18-15)10-6-3-7-11-16/h12,14H,2-11,16H2,1H3. The van der Waals surface area contributed by atoms with Crippen molar-refractivity contribution in [2.75, 3.05) is 13.7 Å².